The summed E-state index contributed by atoms with van der Waals surface area (Å²) in [5.41, 5.74) is 2.58. The molecule has 0 unspecified atom stereocenters. The molecular weight excluding hydrogens is 168 g/mol. The van der Waals surface area contributed by atoms with E-state index in [0.29, 0.717) is 12.2 Å². The number of esters is 1. The molecule has 0 aliphatic rings. The van der Waals surface area contributed by atoms with Gasteiger partial charge in [-0.15, -0.1) is 0 Å². The number of carbonyl (C=O) groups excluding carboxylic acids is 1. The summed E-state index contributed by atoms with van der Waals surface area (Å²) in [4.78, 5) is 10.8. The van der Waals surface area contributed by atoms with Crippen LogP contribution in [0, 0.1) is 0 Å². The van der Waals surface area contributed by atoms with Crippen LogP contribution in [0.15, 0.2) is 23.9 Å². The van der Waals surface area contributed by atoms with E-state index in [2.05, 4.69) is 25.4 Å². The summed E-state index contributed by atoms with van der Waals surface area (Å²) in [5.74, 6) is -0.315. The zero-order valence-electron chi connectivity index (χ0n) is 7.96. The highest BCUT2D eigenvalue weighted by Crippen LogP contribution is 1.92. The third-order valence-corrected chi connectivity index (χ3v) is 2.22. The number of hydrogen-bond acceptors (Lipinski definition) is 2. The molecule has 0 aromatic rings. The minimum Gasteiger partial charge on any atom is -0.458 e. The average Bonchev–Trinajstić information content (AvgIpc) is 1.97. The van der Waals surface area contributed by atoms with Crippen LogP contribution in [0.25, 0.3) is 0 Å². The zero-order chi connectivity index (χ0) is 9.56. The van der Waals surface area contributed by atoms with Crippen molar-refractivity contribution in [3.05, 3.63) is 23.9 Å². The molecule has 0 saturated heterocycles. The van der Waals surface area contributed by atoms with E-state index in [1.807, 2.05) is 6.08 Å². The highest BCUT2D eigenvalue weighted by Gasteiger charge is 1.99. The fraction of sp³-hybridized carbons (Fsp3) is 0.444. The van der Waals surface area contributed by atoms with Crippen LogP contribution in [0.4, 0.5) is 0 Å². The van der Waals surface area contributed by atoms with Gasteiger partial charge in [-0.2, -0.15) is 0 Å². The minimum atomic E-state index is -0.652. The van der Waals surface area contributed by atoms with Gasteiger partial charge >= 0.3 is 5.97 Å². The van der Waals surface area contributed by atoms with Crippen LogP contribution in [0.5, 0.6) is 0 Å². The maximum Gasteiger partial charge on any atom is 0.333 e. The van der Waals surface area contributed by atoms with Crippen molar-refractivity contribution in [1.29, 1.82) is 0 Å². The first kappa shape index (κ1) is 11.2. The summed E-state index contributed by atoms with van der Waals surface area (Å²) in [6.07, 6.45) is 1.90. The summed E-state index contributed by atoms with van der Waals surface area (Å²) in [7, 11) is -0.652. The molecule has 0 saturated carbocycles. The molecule has 0 aliphatic carbocycles. The average molecular weight is 184 g/mol. The molecule has 3 heteroatoms. The minimum absolute atomic E-state index is 0.315. The summed E-state index contributed by atoms with van der Waals surface area (Å²) in [5, 5.41) is 0. The van der Waals surface area contributed by atoms with Crippen LogP contribution in [0.2, 0.25) is 13.1 Å². The highest BCUT2D eigenvalue weighted by atomic mass is 28.3. The Labute approximate surface area is 75.5 Å². The number of rotatable bonds is 4. The fourth-order valence-corrected chi connectivity index (χ4v) is 1.23. The van der Waals surface area contributed by atoms with Gasteiger partial charge in [-0.3, -0.25) is 0 Å². The normalized spacial score (nSPS) is 10.7. The van der Waals surface area contributed by atoms with Gasteiger partial charge in [0.25, 0.3) is 0 Å². The lowest BCUT2D eigenvalue weighted by molar-refractivity contribution is -0.137. The topological polar surface area (TPSA) is 26.3 Å². The predicted octanol–water partition coefficient (Wildman–Crippen LogP) is 1.69. The van der Waals surface area contributed by atoms with Crippen LogP contribution in [0.1, 0.15) is 6.92 Å². The molecule has 12 heavy (non-hydrogen) atoms. The van der Waals surface area contributed by atoms with Crippen LogP contribution < -0.4 is 0 Å². The van der Waals surface area contributed by atoms with Gasteiger partial charge in [0.1, 0.15) is 6.61 Å². The van der Waals surface area contributed by atoms with E-state index in [4.69, 9.17) is 4.74 Å². The van der Waals surface area contributed by atoms with E-state index < -0.39 is 8.80 Å². The summed E-state index contributed by atoms with van der Waals surface area (Å²) in [6.45, 7) is 9.90. The Bertz CT molecular complexity index is 195. The fourth-order valence-electron chi connectivity index (χ4n) is 0.575. The Morgan fingerprint density at radius 1 is 1.58 bits per heavy atom. The third kappa shape index (κ3) is 5.92. The molecule has 0 aromatic heterocycles. The first-order valence-electron chi connectivity index (χ1n) is 4.03. The van der Waals surface area contributed by atoms with E-state index in [1.165, 1.54) is 0 Å². The molecule has 0 rings (SSSR count). The molecule has 0 radical (unpaired) electrons. The molecule has 0 heterocycles. The van der Waals surface area contributed by atoms with Gasteiger partial charge in [0.15, 0.2) is 0 Å². The summed E-state index contributed by atoms with van der Waals surface area (Å²) >= 11 is 0. The largest absolute Gasteiger partial charge is 0.458 e. The van der Waals surface area contributed by atoms with Gasteiger partial charge in [-0.25, -0.2) is 4.79 Å². The lowest BCUT2D eigenvalue weighted by atomic mass is 10.4. The smallest absolute Gasteiger partial charge is 0.333 e. The zero-order valence-corrected chi connectivity index (χ0v) is 9.12. The maximum absolute atomic E-state index is 10.8. The number of ether oxygens (including phenoxy) is 1. The first-order valence-corrected chi connectivity index (χ1v) is 7.01. The summed E-state index contributed by atoms with van der Waals surface area (Å²) in [6, 6.07) is 0. The van der Waals surface area contributed by atoms with Gasteiger partial charge in [0.2, 0.25) is 0 Å². The van der Waals surface area contributed by atoms with Crippen LogP contribution in [0.3, 0.4) is 0 Å². The van der Waals surface area contributed by atoms with Crippen molar-refractivity contribution in [2.75, 3.05) is 6.61 Å². The first-order chi connectivity index (χ1) is 5.54. The predicted molar refractivity (Wildman–Crippen MR) is 53.8 cm³/mol. The Hall–Kier alpha value is -0.833. The van der Waals surface area contributed by atoms with E-state index in [-0.39, 0.29) is 5.97 Å². The van der Waals surface area contributed by atoms with E-state index in [1.54, 1.807) is 6.92 Å². The van der Waals surface area contributed by atoms with E-state index >= 15 is 0 Å². The Kier molecular flexibility index (Phi) is 5.37. The molecule has 68 valence electrons. The van der Waals surface area contributed by atoms with Gasteiger partial charge < -0.3 is 4.74 Å². The van der Waals surface area contributed by atoms with Gasteiger partial charge in [-0.1, -0.05) is 31.4 Å². The molecule has 0 bridgehead atoms. The van der Waals surface area contributed by atoms with Crippen molar-refractivity contribution in [3.8, 4) is 0 Å². The Balaban J connectivity index is 3.57. The van der Waals surface area contributed by atoms with E-state index in [9.17, 15) is 4.79 Å². The number of carbonyl (C=O) groups is 1. The monoisotopic (exact) mass is 184 g/mol. The molecule has 2 nitrogen and oxygen atoms in total. The SMILES string of the molecule is C=C(C)C(=O)OCC=C[SiH](C)C. The lowest BCUT2D eigenvalue weighted by Crippen LogP contribution is -2.05. The van der Waals surface area contributed by atoms with Gasteiger partial charge in [0, 0.05) is 5.57 Å². The second kappa shape index (κ2) is 5.77. The van der Waals surface area contributed by atoms with E-state index in [0.717, 1.165) is 0 Å². The molecular formula is C9H16O2Si. The molecule has 0 aliphatic heterocycles. The quantitative estimate of drug-likeness (QED) is 0.377. The van der Waals surface area contributed by atoms with Gasteiger partial charge in [0.05, 0.1) is 8.80 Å². The van der Waals surface area contributed by atoms with Crippen LogP contribution in [-0.4, -0.2) is 21.4 Å². The molecule has 0 spiro atoms. The van der Waals surface area contributed by atoms with Crippen molar-refractivity contribution in [2.24, 2.45) is 0 Å². The van der Waals surface area contributed by atoms with Crippen molar-refractivity contribution in [3.63, 3.8) is 0 Å². The molecule has 0 amide bonds. The van der Waals surface area contributed by atoms with Crippen molar-refractivity contribution in [1.82, 2.24) is 0 Å². The molecule has 0 aromatic carbocycles. The van der Waals surface area contributed by atoms with Crippen LogP contribution >= 0.6 is 0 Å². The van der Waals surface area contributed by atoms with Crippen LogP contribution in [-0.2, 0) is 9.53 Å². The van der Waals surface area contributed by atoms with Crippen molar-refractivity contribution >= 4 is 14.8 Å². The Morgan fingerprint density at radius 3 is 2.58 bits per heavy atom. The molecule has 0 fully saturated rings. The maximum atomic E-state index is 10.8. The standard InChI is InChI=1S/C9H16O2Si/c1-8(2)9(10)11-6-5-7-12(3)4/h5,7,12H,1,6H2,2-4H3. The number of hydrogen-bond donors (Lipinski definition) is 0. The third-order valence-electron chi connectivity index (χ3n) is 1.18. The lowest BCUT2D eigenvalue weighted by Gasteiger charge is -1.99. The van der Waals surface area contributed by atoms with Crippen molar-refractivity contribution < 1.29 is 9.53 Å². The second-order valence-corrected chi connectivity index (χ2v) is 5.92. The Morgan fingerprint density at radius 2 is 2.17 bits per heavy atom. The van der Waals surface area contributed by atoms with Gasteiger partial charge in [-0.05, 0) is 6.92 Å². The molecule has 0 N–H and O–H groups in total. The molecule has 0 atom stereocenters. The van der Waals surface area contributed by atoms with Crippen molar-refractivity contribution in [2.45, 2.75) is 20.0 Å². The summed E-state index contributed by atoms with van der Waals surface area (Å²) < 4.78 is 4.85. The second-order valence-electron chi connectivity index (χ2n) is 3.05. The highest BCUT2D eigenvalue weighted by molar-refractivity contribution is 6.61.